The van der Waals surface area contributed by atoms with Crippen LogP contribution in [0.15, 0.2) is 30.3 Å². The highest BCUT2D eigenvalue weighted by atomic mass is 14.9. The third-order valence-corrected chi connectivity index (χ3v) is 2.87. The molecule has 1 aromatic rings. The van der Waals surface area contributed by atoms with Crippen LogP contribution in [0.4, 0.5) is 0 Å². The highest BCUT2D eigenvalue weighted by Gasteiger charge is 2.18. The van der Waals surface area contributed by atoms with E-state index in [1.165, 1.54) is 24.9 Å². The Bertz CT molecular complexity index is 255. The molecule has 1 nitrogen and oxygen atoms in total. The molecule has 13 heavy (non-hydrogen) atoms. The minimum Gasteiger partial charge on any atom is -0.310 e. The molecule has 0 radical (unpaired) electrons. The summed E-state index contributed by atoms with van der Waals surface area (Å²) in [5.74, 6) is 0.867. The molecular weight excluding hydrogens is 158 g/mol. The Hall–Kier alpha value is -0.820. The van der Waals surface area contributed by atoms with Gasteiger partial charge in [0.15, 0.2) is 0 Å². The molecule has 0 aliphatic carbocycles. The van der Waals surface area contributed by atoms with Gasteiger partial charge in [0.05, 0.1) is 0 Å². The second kappa shape index (κ2) is 3.93. The first-order valence-corrected chi connectivity index (χ1v) is 5.14. The molecule has 0 bridgehead atoms. The number of benzene rings is 1. The average Bonchev–Trinajstić information content (AvgIpc) is 2.19. The maximum Gasteiger partial charge on any atom is 0.0322 e. The van der Waals surface area contributed by atoms with Crippen molar-refractivity contribution in [2.45, 2.75) is 25.8 Å². The fourth-order valence-corrected chi connectivity index (χ4v) is 2.05. The SMILES string of the molecule is CC1CCNC(c2ccccc2)C1. The van der Waals surface area contributed by atoms with Crippen LogP contribution in [-0.2, 0) is 0 Å². The first kappa shape index (κ1) is 8.76. The third kappa shape index (κ3) is 2.10. The molecule has 0 spiro atoms. The second-order valence-corrected chi connectivity index (χ2v) is 4.05. The van der Waals surface area contributed by atoms with Crippen molar-refractivity contribution in [1.82, 2.24) is 5.32 Å². The van der Waals surface area contributed by atoms with Gasteiger partial charge < -0.3 is 5.32 Å². The van der Waals surface area contributed by atoms with E-state index in [1.807, 2.05) is 0 Å². The van der Waals surface area contributed by atoms with Crippen molar-refractivity contribution in [2.24, 2.45) is 5.92 Å². The standard InChI is InChI=1S/C12H17N/c1-10-7-8-13-12(9-10)11-5-3-2-4-6-11/h2-6,10,12-13H,7-9H2,1H3. The Balaban J connectivity index is 2.08. The Morgan fingerprint density at radius 3 is 2.69 bits per heavy atom. The molecule has 1 aliphatic rings. The first-order valence-electron chi connectivity index (χ1n) is 5.14. The summed E-state index contributed by atoms with van der Waals surface area (Å²) in [6.45, 7) is 3.51. The summed E-state index contributed by atoms with van der Waals surface area (Å²) in [5, 5.41) is 3.57. The summed E-state index contributed by atoms with van der Waals surface area (Å²) >= 11 is 0. The zero-order chi connectivity index (χ0) is 9.10. The summed E-state index contributed by atoms with van der Waals surface area (Å²) in [6.07, 6.45) is 2.60. The molecule has 1 heterocycles. The van der Waals surface area contributed by atoms with E-state index < -0.39 is 0 Å². The smallest absolute Gasteiger partial charge is 0.0322 e. The van der Waals surface area contributed by atoms with Gasteiger partial charge in [-0.25, -0.2) is 0 Å². The maximum absolute atomic E-state index is 3.57. The van der Waals surface area contributed by atoms with E-state index in [0.717, 1.165) is 5.92 Å². The van der Waals surface area contributed by atoms with Crippen molar-refractivity contribution >= 4 is 0 Å². The quantitative estimate of drug-likeness (QED) is 0.692. The van der Waals surface area contributed by atoms with Gasteiger partial charge in [-0.3, -0.25) is 0 Å². The molecule has 0 amide bonds. The van der Waals surface area contributed by atoms with Crippen LogP contribution < -0.4 is 5.32 Å². The third-order valence-electron chi connectivity index (χ3n) is 2.87. The molecule has 1 aromatic carbocycles. The highest BCUT2D eigenvalue weighted by molar-refractivity contribution is 5.19. The number of rotatable bonds is 1. The minimum absolute atomic E-state index is 0.588. The molecule has 1 fully saturated rings. The Morgan fingerprint density at radius 1 is 1.23 bits per heavy atom. The van der Waals surface area contributed by atoms with Crippen LogP contribution in [0.3, 0.4) is 0 Å². The number of hydrogen-bond acceptors (Lipinski definition) is 1. The first-order chi connectivity index (χ1) is 6.36. The van der Waals surface area contributed by atoms with Crippen molar-refractivity contribution in [1.29, 1.82) is 0 Å². The molecule has 0 aromatic heterocycles. The van der Waals surface area contributed by atoms with Crippen molar-refractivity contribution < 1.29 is 0 Å². The van der Waals surface area contributed by atoms with Crippen LogP contribution >= 0.6 is 0 Å². The van der Waals surface area contributed by atoms with Gasteiger partial charge in [-0.05, 0) is 30.9 Å². The topological polar surface area (TPSA) is 12.0 Å². The van der Waals surface area contributed by atoms with Crippen LogP contribution in [0, 0.1) is 5.92 Å². The molecule has 1 heteroatoms. The fourth-order valence-electron chi connectivity index (χ4n) is 2.05. The van der Waals surface area contributed by atoms with Gasteiger partial charge >= 0.3 is 0 Å². The summed E-state index contributed by atoms with van der Waals surface area (Å²) in [7, 11) is 0. The van der Waals surface area contributed by atoms with Gasteiger partial charge in [0.25, 0.3) is 0 Å². The molecule has 1 N–H and O–H groups in total. The van der Waals surface area contributed by atoms with Crippen molar-refractivity contribution in [3.63, 3.8) is 0 Å². The molecule has 2 unspecified atom stereocenters. The Morgan fingerprint density at radius 2 is 2.00 bits per heavy atom. The predicted molar refractivity (Wildman–Crippen MR) is 55.6 cm³/mol. The predicted octanol–water partition coefficient (Wildman–Crippen LogP) is 2.75. The lowest BCUT2D eigenvalue weighted by Crippen LogP contribution is -2.30. The Kier molecular flexibility index (Phi) is 2.65. The molecule has 0 saturated carbocycles. The molecule has 1 saturated heterocycles. The Labute approximate surface area is 80.2 Å². The zero-order valence-corrected chi connectivity index (χ0v) is 8.16. The number of piperidine rings is 1. The van der Waals surface area contributed by atoms with E-state index in [4.69, 9.17) is 0 Å². The summed E-state index contributed by atoms with van der Waals surface area (Å²) in [6, 6.07) is 11.3. The van der Waals surface area contributed by atoms with Gasteiger partial charge in [0.2, 0.25) is 0 Å². The largest absolute Gasteiger partial charge is 0.310 e. The van der Waals surface area contributed by atoms with E-state index in [9.17, 15) is 0 Å². The van der Waals surface area contributed by atoms with E-state index >= 15 is 0 Å². The summed E-state index contributed by atoms with van der Waals surface area (Å²) in [5.41, 5.74) is 1.44. The summed E-state index contributed by atoms with van der Waals surface area (Å²) in [4.78, 5) is 0. The van der Waals surface area contributed by atoms with E-state index in [-0.39, 0.29) is 0 Å². The molecule has 2 rings (SSSR count). The average molecular weight is 175 g/mol. The second-order valence-electron chi connectivity index (χ2n) is 4.05. The lowest BCUT2D eigenvalue weighted by molar-refractivity contribution is 0.325. The summed E-state index contributed by atoms with van der Waals surface area (Å²) < 4.78 is 0. The number of hydrogen-bond donors (Lipinski definition) is 1. The molecule has 2 atom stereocenters. The van der Waals surface area contributed by atoms with E-state index in [1.54, 1.807) is 0 Å². The lowest BCUT2D eigenvalue weighted by Gasteiger charge is -2.28. The van der Waals surface area contributed by atoms with Gasteiger partial charge in [0, 0.05) is 6.04 Å². The van der Waals surface area contributed by atoms with E-state index in [0.29, 0.717) is 6.04 Å². The van der Waals surface area contributed by atoms with E-state index in [2.05, 4.69) is 42.6 Å². The van der Waals surface area contributed by atoms with Crippen LogP contribution in [0.1, 0.15) is 31.4 Å². The van der Waals surface area contributed by atoms with Crippen LogP contribution in [0.5, 0.6) is 0 Å². The minimum atomic E-state index is 0.588. The molecule has 70 valence electrons. The van der Waals surface area contributed by atoms with Crippen molar-refractivity contribution in [3.8, 4) is 0 Å². The van der Waals surface area contributed by atoms with Gasteiger partial charge in [-0.2, -0.15) is 0 Å². The van der Waals surface area contributed by atoms with Crippen molar-refractivity contribution in [2.75, 3.05) is 6.54 Å². The molecular formula is C12H17N. The maximum atomic E-state index is 3.57. The van der Waals surface area contributed by atoms with Gasteiger partial charge in [-0.15, -0.1) is 0 Å². The van der Waals surface area contributed by atoms with Gasteiger partial charge in [0.1, 0.15) is 0 Å². The van der Waals surface area contributed by atoms with Crippen molar-refractivity contribution in [3.05, 3.63) is 35.9 Å². The number of nitrogens with one attached hydrogen (secondary N) is 1. The van der Waals surface area contributed by atoms with Crippen LogP contribution in [-0.4, -0.2) is 6.54 Å². The molecule has 1 aliphatic heterocycles. The normalized spacial score (nSPS) is 28.7. The fraction of sp³-hybridized carbons (Fsp3) is 0.500. The monoisotopic (exact) mass is 175 g/mol. The van der Waals surface area contributed by atoms with Gasteiger partial charge in [-0.1, -0.05) is 37.3 Å². The zero-order valence-electron chi connectivity index (χ0n) is 8.16. The van der Waals surface area contributed by atoms with Crippen LogP contribution in [0.25, 0.3) is 0 Å². The lowest BCUT2D eigenvalue weighted by atomic mass is 9.90. The highest BCUT2D eigenvalue weighted by Crippen LogP contribution is 2.26. The van der Waals surface area contributed by atoms with Crippen LogP contribution in [0.2, 0.25) is 0 Å².